The molecule has 0 saturated carbocycles. The molecule has 0 unspecified atom stereocenters. The highest BCUT2D eigenvalue weighted by molar-refractivity contribution is 9.10. The Morgan fingerprint density at radius 1 is 1.11 bits per heavy atom. The smallest absolute Gasteiger partial charge is 0.193 e. The molecule has 2 aromatic rings. The second kappa shape index (κ2) is 5.94. The molecule has 0 radical (unpaired) electrons. The van der Waals surface area contributed by atoms with Gasteiger partial charge in [-0.25, -0.2) is 0 Å². The van der Waals surface area contributed by atoms with Crippen LogP contribution in [0.25, 0.3) is 0 Å². The van der Waals surface area contributed by atoms with E-state index in [-0.39, 0.29) is 5.78 Å². The summed E-state index contributed by atoms with van der Waals surface area (Å²) in [6.45, 7) is 0.811. The van der Waals surface area contributed by atoms with E-state index in [9.17, 15) is 4.79 Å². The maximum absolute atomic E-state index is 12.2. The highest BCUT2D eigenvalue weighted by Crippen LogP contribution is 2.16. The molecule has 0 saturated heterocycles. The molecule has 18 heavy (non-hydrogen) atoms. The van der Waals surface area contributed by atoms with Gasteiger partial charge < -0.3 is 5.32 Å². The minimum atomic E-state index is 0.0484. The van der Waals surface area contributed by atoms with Crippen LogP contribution in [0.5, 0.6) is 0 Å². The highest BCUT2D eigenvalue weighted by atomic mass is 79.9. The van der Waals surface area contributed by atoms with Crippen LogP contribution < -0.4 is 5.32 Å². The Morgan fingerprint density at radius 2 is 1.83 bits per heavy atom. The first-order valence-electron chi connectivity index (χ1n) is 5.74. The van der Waals surface area contributed by atoms with Crippen LogP contribution in [0, 0.1) is 0 Å². The van der Waals surface area contributed by atoms with Crippen molar-refractivity contribution in [3.05, 3.63) is 69.7 Å². The molecule has 0 amide bonds. The van der Waals surface area contributed by atoms with Gasteiger partial charge in [-0.15, -0.1) is 0 Å². The van der Waals surface area contributed by atoms with E-state index in [2.05, 4.69) is 21.2 Å². The van der Waals surface area contributed by atoms with Crippen LogP contribution in [0.15, 0.2) is 53.0 Å². The molecule has 2 rings (SSSR count). The van der Waals surface area contributed by atoms with Crippen LogP contribution >= 0.6 is 15.9 Å². The molecule has 0 fully saturated rings. The third kappa shape index (κ3) is 3.06. The zero-order valence-corrected chi connectivity index (χ0v) is 11.7. The minimum absolute atomic E-state index is 0.0484. The zero-order chi connectivity index (χ0) is 13.0. The number of hydrogen-bond donors (Lipinski definition) is 1. The third-order valence-electron chi connectivity index (χ3n) is 2.68. The average Bonchev–Trinajstić information content (AvgIpc) is 2.39. The van der Waals surface area contributed by atoms with Crippen LogP contribution in [0.4, 0.5) is 0 Å². The number of halogens is 1. The topological polar surface area (TPSA) is 29.1 Å². The maximum atomic E-state index is 12.2. The van der Waals surface area contributed by atoms with Gasteiger partial charge >= 0.3 is 0 Å². The van der Waals surface area contributed by atoms with Gasteiger partial charge in [0, 0.05) is 22.1 Å². The van der Waals surface area contributed by atoms with Crippen molar-refractivity contribution in [3.63, 3.8) is 0 Å². The summed E-state index contributed by atoms with van der Waals surface area (Å²) < 4.78 is 0.917. The van der Waals surface area contributed by atoms with Crippen molar-refractivity contribution in [2.24, 2.45) is 0 Å². The molecule has 0 heterocycles. The largest absolute Gasteiger partial charge is 0.316 e. The van der Waals surface area contributed by atoms with Gasteiger partial charge in [-0.1, -0.05) is 52.3 Å². The van der Waals surface area contributed by atoms with Crippen molar-refractivity contribution < 1.29 is 4.79 Å². The van der Waals surface area contributed by atoms with E-state index in [4.69, 9.17) is 0 Å². The minimum Gasteiger partial charge on any atom is -0.316 e. The van der Waals surface area contributed by atoms with Gasteiger partial charge in [-0.3, -0.25) is 4.79 Å². The Morgan fingerprint density at radius 3 is 2.44 bits per heavy atom. The summed E-state index contributed by atoms with van der Waals surface area (Å²) in [7, 11) is 1.90. The molecule has 1 N–H and O–H groups in total. The number of ketones is 1. The molecule has 2 aromatic carbocycles. The van der Waals surface area contributed by atoms with E-state index in [1.165, 1.54) is 5.56 Å². The van der Waals surface area contributed by atoms with Crippen molar-refractivity contribution in [2.45, 2.75) is 6.54 Å². The van der Waals surface area contributed by atoms with Crippen LogP contribution in [0.1, 0.15) is 21.5 Å². The predicted octanol–water partition coefficient (Wildman–Crippen LogP) is 3.40. The Labute approximate surface area is 115 Å². The first kappa shape index (κ1) is 13.0. The molecular formula is C15H14BrNO. The van der Waals surface area contributed by atoms with E-state index in [1.807, 2.05) is 55.6 Å². The summed E-state index contributed by atoms with van der Waals surface area (Å²) in [5.74, 6) is 0.0484. The van der Waals surface area contributed by atoms with Gasteiger partial charge in [-0.2, -0.15) is 0 Å². The second-order valence-corrected chi connectivity index (χ2v) is 4.98. The van der Waals surface area contributed by atoms with Gasteiger partial charge in [-0.05, 0) is 24.7 Å². The lowest BCUT2D eigenvalue weighted by Crippen LogP contribution is -2.06. The molecule has 92 valence electrons. The van der Waals surface area contributed by atoms with Gasteiger partial charge in [0.2, 0.25) is 0 Å². The number of benzene rings is 2. The van der Waals surface area contributed by atoms with Crippen LogP contribution in [0.3, 0.4) is 0 Å². The number of rotatable bonds is 4. The Balaban J connectivity index is 2.23. The van der Waals surface area contributed by atoms with Crippen molar-refractivity contribution in [1.82, 2.24) is 5.32 Å². The number of hydrogen-bond acceptors (Lipinski definition) is 2. The van der Waals surface area contributed by atoms with E-state index >= 15 is 0 Å². The summed E-state index contributed by atoms with van der Waals surface area (Å²) in [6.07, 6.45) is 0. The molecule has 0 atom stereocenters. The summed E-state index contributed by atoms with van der Waals surface area (Å²) >= 11 is 3.37. The molecule has 0 aromatic heterocycles. The van der Waals surface area contributed by atoms with Crippen LogP contribution in [-0.4, -0.2) is 12.8 Å². The van der Waals surface area contributed by atoms with E-state index < -0.39 is 0 Å². The standard InChI is InChI=1S/C15H14BrNO/c1-17-10-11-5-7-12(8-6-11)15(18)13-3-2-4-14(16)9-13/h2-9,17H,10H2,1H3. The fourth-order valence-electron chi connectivity index (χ4n) is 1.77. The first-order chi connectivity index (χ1) is 8.70. The number of carbonyl (C=O) groups excluding carboxylic acids is 1. The van der Waals surface area contributed by atoms with Crippen molar-refractivity contribution in [2.75, 3.05) is 7.05 Å². The molecule has 0 spiro atoms. The zero-order valence-electron chi connectivity index (χ0n) is 10.1. The lowest BCUT2D eigenvalue weighted by atomic mass is 10.0. The lowest BCUT2D eigenvalue weighted by Gasteiger charge is -2.04. The molecule has 0 bridgehead atoms. The normalized spacial score (nSPS) is 10.3. The number of nitrogens with one attached hydrogen (secondary N) is 1. The Bertz CT molecular complexity index is 549. The molecule has 0 aliphatic rings. The van der Waals surface area contributed by atoms with E-state index in [1.54, 1.807) is 0 Å². The molecule has 3 heteroatoms. The summed E-state index contributed by atoms with van der Waals surface area (Å²) in [5, 5.41) is 3.08. The van der Waals surface area contributed by atoms with Crippen LogP contribution in [-0.2, 0) is 6.54 Å². The lowest BCUT2D eigenvalue weighted by molar-refractivity contribution is 0.103. The van der Waals surface area contributed by atoms with Gasteiger partial charge in [0.25, 0.3) is 0 Å². The van der Waals surface area contributed by atoms with Gasteiger partial charge in [0.05, 0.1) is 0 Å². The van der Waals surface area contributed by atoms with E-state index in [0.717, 1.165) is 11.0 Å². The van der Waals surface area contributed by atoms with Crippen molar-refractivity contribution >= 4 is 21.7 Å². The highest BCUT2D eigenvalue weighted by Gasteiger charge is 2.08. The number of carbonyl (C=O) groups is 1. The quantitative estimate of drug-likeness (QED) is 0.877. The molecule has 0 aliphatic heterocycles. The predicted molar refractivity (Wildman–Crippen MR) is 76.8 cm³/mol. The SMILES string of the molecule is CNCc1ccc(C(=O)c2cccc(Br)c2)cc1. The molecule has 2 nitrogen and oxygen atoms in total. The van der Waals surface area contributed by atoms with Crippen molar-refractivity contribution in [3.8, 4) is 0 Å². The third-order valence-corrected chi connectivity index (χ3v) is 3.18. The fourth-order valence-corrected chi connectivity index (χ4v) is 2.17. The fraction of sp³-hybridized carbons (Fsp3) is 0.133. The van der Waals surface area contributed by atoms with Crippen LogP contribution in [0.2, 0.25) is 0 Å². The first-order valence-corrected chi connectivity index (χ1v) is 6.54. The average molecular weight is 304 g/mol. The Hall–Kier alpha value is -1.45. The Kier molecular flexibility index (Phi) is 4.28. The van der Waals surface area contributed by atoms with Gasteiger partial charge in [0.1, 0.15) is 0 Å². The second-order valence-electron chi connectivity index (χ2n) is 4.07. The summed E-state index contributed by atoms with van der Waals surface area (Å²) in [6, 6.07) is 15.1. The van der Waals surface area contributed by atoms with Crippen molar-refractivity contribution in [1.29, 1.82) is 0 Å². The summed E-state index contributed by atoms with van der Waals surface area (Å²) in [5.41, 5.74) is 2.59. The summed E-state index contributed by atoms with van der Waals surface area (Å²) in [4.78, 5) is 12.2. The monoisotopic (exact) mass is 303 g/mol. The molecular weight excluding hydrogens is 290 g/mol. The molecule has 0 aliphatic carbocycles. The van der Waals surface area contributed by atoms with E-state index in [0.29, 0.717) is 11.1 Å². The van der Waals surface area contributed by atoms with Gasteiger partial charge in [0.15, 0.2) is 5.78 Å². The maximum Gasteiger partial charge on any atom is 0.193 e.